The van der Waals surface area contributed by atoms with Crippen molar-refractivity contribution in [1.82, 2.24) is 4.40 Å². The summed E-state index contributed by atoms with van der Waals surface area (Å²) in [7, 11) is 0. The monoisotopic (exact) mass is 459 g/mol. The molecule has 1 atom stereocenters. The number of hydrogen-bond acceptors (Lipinski definition) is 3. The van der Waals surface area contributed by atoms with Crippen molar-refractivity contribution in [2.45, 2.75) is 39.4 Å². The van der Waals surface area contributed by atoms with Crippen LogP contribution in [0.4, 0.5) is 26.3 Å². The van der Waals surface area contributed by atoms with E-state index in [1.807, 2.05) is 0 Å². The first-order chi connectivity index (χ1) is 14.7. The fourth-order valence-corrected chi connectivity index (χ4v) is 3.59. The van der Waals surface area contributed by atoms with E-state index in [0.717, 1.165) is 0 Å². The van der Waals surface area contributed by atoms with Gasteiger partial charge in [-0.2, -0.15) is 26.3 Å². The molecule has 0 fully saturated rings. The Morgan fingerprint density at radius 1 is 1.00 bits per heavy atom. The van der Waals surface area contributed by atoms with Gasteiger partial charge < -0.3 is 14.2 Å². The van der Waals surface area contributed by atoms with Crippen molar-refractivity contribution in [3.8, 4) is 0 Å². The Morgan fingerprint density at radius 2 is 1.56 bits per heavy atom. The molecule has 0 radical (unpaired) electrons. The fourth-order valence-electron chi connectivity index (χ4n) is 3.59. The molecule has 0 aliphatic carbocycles. The van der Waals surface area contributed by atoms with Crippen molar-refractivity contribution in [3.05, 3.63) is 75.6 Å². The second kappa shape index (κ2) is 8.25. The number of aromatic nitrogens is 1. The Morgan fingerprint density at radius 3 is 2.06 bits per heavy atom. The lowest BCUT2D eigenvalue weighted by Gasteiger charge is -2.14. The summed E-state index contributed by atoms with van der Waals surface area (Å²) in [6.45, 7) is 5.18. The third-order valence-electron chi connectivity index (χ3n) is 4.89. The quantitative estimate of drug-likeness (QED) is 0.296. The van der Waals surface area contributed by atoms with Gasteiger partial charge in [-0.1, -0.05) is 6.07 Å². The van der Waals surface area contributed by atoms with Gasteiger partial charge in [0.2, 0.25) is 5.78 Å². The summed E-state index contributed by atoms with van der Waals surface area (Å²) in [5.41, 5.74) is -2.26. The molecule has 0 saturated carbocycles. The Bertz CT molecular complexity index is 1140. The third kappa shape index (κ3) is 4.51. The highest BCUT2D eigenvalue weighted by atomic mass is 19.4. The van der Waals surface area contributed by atoms with E-state index in [1.165, 1.54) is 16.7 Å². The third-order valence-corrected chi connectivity index (χ3v) is 4.89. The molecule has 1 aromatic carbocycles. The molecule has 0 aliphatic rings. The average Bonchev–Trinajstić information content (AvgIpc) is 3.05. The zero-order valence-corrected chi connectivity index (χ0v) is 17.2. The van der Waals surface area contributed by atoms with Crippen LogP contribution < -0.4 is 0 Å². The van der Waals surface area contributed by atoms with Crippen LogP contribution in [0.15, 0.2) is 36.5 Å². The van der Waals surface area contributed by atoms with Crippen molar-refractivity contribution in [3.63, 3.8) is 0 Å². The molecular formula is C22H19F6NO3. The van der Waals surface area contributed by atoms with E-state index in [4.69, 9.17) is 4.74 Å². The summed E-state index contributed by atoms with van der Waals surface area (Å²) in [6.07, 6.45) is -10.1. The Kier molecular flexibility index (Phi) is 6.14. The standard InChI is InChI=1S/C22H19F6NO3/c1-4-32-20(31)16-9-17(29-10-11(2)5-12(3)18(16)29)19(30)13-6-14(21(23,24)25)8-15(7-13)22(26,27)28/h5-10,20,31H,4H2,1-3H3. The number of fused-ring (bicyclic) bond motifs is 1. The van der Waals surface area contributed by atoms with Gasteiger partial charge in [0.05, 0.1) is 22.3 Å². The predicted molar refractivity (Wildman–Crippen MR) is 103 cm³/mol. The lowest BCUT2D eigenvalue weighted by Crippen LogP contribution is -2.14. The molecular weight excluding hydrogens is 440 g/mol. The number of aliphatic hydroxyl groups is 1. The number of carbonyl (C=O) groups is 1. The van der Waals surface area contributed by atoms with Crippen LogP contribution in [-0.4, -0.2) is 21.9 Å². The minimum Gasteiger partial charge on any atom is -0.364 e. The zero-order chi connectivity index (χ0) is 24.0. The lowest BCUT2D eigenvalue weighted by molar-refractivity contribution is -0.143. The maximum Gasteiger partial charge on any atom is 0.416 e. The van der Waals surface area contributed by atoms with Crippen LogP contribution in [0.5, 0.6) is 0 Å². The topological polar surface area (TPSA) is 50.9 Å². The minimum atomic E-state index is -5.08. The van der Waals surface area contributed by atoms with E-state index < -0.39 is 41.1 Å². The highest BCUT2D eigenvalue weighted by Gasteiger charge is 2.38. The van der Waals surface area contributed by atoms with Crippen molar-refractivity contribution in [1.29, 1.82) is 0 Å². The SMILES string of the molecule is CCOC(O)c1cc(C(=O)c2cc(C(F)(F)F)cc(C(F)(F)F)c2)n2cc(C)cc(C)c12. The number of benzene rings is 1. The average molecular weight is 459 g/mol. The van der Waals surface area contributed by atoms with Crippen LogP contribution in [-0.2, 0) is 17.1 Å². The summed E-state index contributed by atoms with van der Waals surface area (Å²) in [5, 5.41) is 10.3. The van der Waals surface area contributed by atoms with E-state index in [0.29, 0.717) is 28.8 Å². The molecule has 0 spiro atoms. The molecule has 3 aromatic rings. The summed E-state index contributed by atoms with van der Waals surface area (Å²) in [4.78, 5) is 13.2. The zero-order valence-electron chi connectivity index (χ0n) is 17.2. The number of ketones is 1. The number of halogens is 6. The largest absolute Gasteiger partial charge is 0.416 e. The van der Waals surface area contributed by atoms with Crippen LogP contribution in [0.3, 0.4) is 0 Å². The van der Waals surface area contributed by atoms with Gasteiger partial charge in [0, 0.05) is 23.9 Å². The Hall–Kier alpha value is -2.85. The number of rotatable bonds is 5. The number of aliphatic hydroxyl groups excluding tert-OH is 1. The second-order valence-electron chi connectivity index (χ2n) is 7.34. The van der Waals surface area contributed by atoms with Gasteiger partial charge >= 0.3 is 12.4 Å². The Balaban J connectivity index is 2.27. The molecule has 1 N–H and O–H groups in total. The number of alkyl halides is 6. The summed E-state index contributed by atoms with van der Waals surface area (Å²) in [5.74, 6) is -1.06. The lowest BCUT2D eigenvalue weighted by atomic mass is 10.0. The van der Waals surface area contributed by atoms with Gasteiger partial charge in [-0.3, -0.25) is 4.79 Å². The number of aryl methyl sites for hydroxylation is 2. The summed E-state index contributed by atoms with van der Waals surface area (Å²) >= 11 is 0. The fraction of sp³-hybridized carbons (Fsp3) is 0.318. The summed E-state index contributed by atoms with van der Waals surface area (Å²) < 4.78 is 85.9. The van der Waals surface area contributed by atoms with Crippen molar-refractivity contribution in [2.75, 3.05) is 6.61 Å². The van der Waals surface area contributed by atoms with Gasteiger partial charge in [-0.15, -0.1) is 0 Å². The van der Waals surface area contributed by atoms with Gasteiger partial charge in [-0.25, -0.2) is 0 Å². The maximum absolute atomic E-state index is 13.2. The smallest absolute Gasteiger partial charge is 0.364 e. The molecule has 10 heteroatoms. The van der Waals surface area contributed by atoms with Crippen molar-refractivity contribution in [2.24, 2.45) is 0 Å². The van der Waals surface area contributed by atoms with E-state index in [2.05, 4.69) is 0 Å². The Labute approximate surface area is 179 Å². The van der Waals surface area contributed by atoms with Crippen molar-refractivity contribution >= 4 is 11.3 Å². The molecule has 32 heavy (non-hydrogen) atoms. The van der Waals surface area contributed by atoms with Crippen LogP contribution in [0.25, 0.3) is 5.52 Å². The van der Waals surface area contributed by atoms with Crippen LogP contribution >= 0.6 is 0 Å². The first-order valence-corrected chi connectivity index (χ1v) is 9.50. The molecule has 1 unspecified atom stereocenters. The van der Waals surface area contributed by atoms with E-state index in [-0.39, 0.29) is 23.9 Å². The molecule has 2 heterocycles. The first kappa shape index (κ1) is 23.8. The molecule has 0 amide bonds. The second-order valence-corrected chi connectivity index (χ2v) is 7.34. The molecule has 2 aromatic heterocycles. The minimum absolute atomic E-state index is 0.0361. The molecule has 3 rings (SSSR count). The molecule has 4 nitrogen and oxygen atoms in total. The first-order valence-electron chi connectivity index (χ1n) is 9.50. The molecule has 0 bridgehead atoms. The van der Waals surface area contributed by atoms with E-state index >= 15 is 0 Å². The van der Waals surface area contributed by atoms with Gasteiger partial charge in [-0.05, 0) is 56.2 Å². The highest BCUT2D eigenvalue weighted by molar-refractivity contribution is 6.09. The highest BCUT2D eigenvalue weighted by Crippen LogP contribution is 2.37. The van der Waals surface area contributed by atoms with Crippen LogP contribution in [0, 0.1) is 13.8 Å². The van der Waals surface area contributed by atoms with Gasteiger partial charge in [0.1, 0.15) is 0 Å². The normalized spacial score (nSPS) is 13.6. The number of hydrogen-bond donors (Lipinski definition) is 1. The van der Waals surface area contributed by atoms with Crippen molar-refractivity contribution < 1.29 is 41.0 Å². The molecule has 0 saturated heterocycles. The molecule has 172 valence electrons. The van der Waals surface area contributed by atoms with E-state index in [1.54, 1.807) is 26.8 Å². The number of carbonyl (C=O) groups excluding carboxylic acids is 1. The molecule has 0 aliphatic heterocycles. The summed E-state index contributed by atoms with van der Waals surface area (Å²) in [6, 6.07) is 3.72. The van der Waals surface area contributed by atoms with Crippen LogP contribution in [0.1, 0.15) is 57.1 Å². The number of pyridine rings is 1. The van der Waals surface area contributed by atoms with Gasteiger partial charge in [0.25, 0.3) is 0 Å². The number of ether oxygens (including phenoxy) is 1. The maximum atomic E-state index is 13.2. The van der Waals surface area contributed by atoms with Crippen LogP contribution in [0.2, 0.25) is 0 Å². The number of nitrogens with zero attached hydrogens (tertiary/aromatic N) is 1. The van der Waals surface area contributed by atoms with E-state index in [9.17, 15) is 36.2 Å². The predicted octanol–water partition coefficient (Wildman–Crippen LogP) is 5.85. The van der Waals surface area contributed by atoms with Gasteiger partial charge in [0.15, 0.2) is 6.29 Å².